The van der Waals surface area contributed by atoms with Crippen molar-refractivity contribution in [2.75, 3.05) is 33.1 Å². The molecule has 0 aliphatic heterocycles. The van der Waals surface area contributed by atoms with Crippen molar-refractivity contribution >= 4 is 11.8 Å². The van der Waals surface area contributed by atoms with E-state index >= 15 is 0 Å². The average molecular weight is 208 g/mol. The smallest absolute Gasteiger partial charge is 0.408 e. The molecule has 4 heteroatoms. The van der Waals surface area contributed by atoms with E-state index in [4.69, 9.17) is 4.74 Å². The molecule has 0 fully saturated rings. The molecule has 0 radical (unpaired) electrons. The highest BCUT2D eigenvalue weighted by atomic mass is 16.6. The predicted octanol–water partition coefficient (Wildman–Crippen LogP) is 1.81. The molecule has 0 unspecified atom stereocenters. The Kier molecular flexibility index (Phi) is 3.55. The monoisotopic (exact) mass is 208 g/mol. The van der Waals surface area contributed by atoms with Crippen LogP contribution in [0.5, 0.6) is 5.75 Å². The zero-order valence-corrected chi connectivity index (χ0v) is 9.52. The Morgan fingerprint density at radius 3 is 2.27 bits per heavy atom. The summed E-state index contributed by atoms with van der Waals surface area (Å²) >= 11 is 0. The fraction of sp³-hybridized carbons (Fsp3) is 0.364. The lowest BCUT2D eigenvalue weighted by Crippen LogP contribution is -2.26. The lowest BCUT2D eigenvalue weighted by atomic mass is 10.3. The molecular weight excluding hydrogens is 192 g/mol. The maximum absolute atomic E-state index is 11.4. The number of hydrogen-bond donors (Lipinski definition) is 0. The van der Waals surface area contributed by atoms with Crippen LogP contribution in [0.15, 0.2) is 24.3 Å². The van der Waals surface area contributed by atoms with Crippen LogP contribution in [0.1, 0.15) is 0 Å². The minimum atomic E-state index is -0.371. The van der Waals surface area contributed by atoms with Crippen molar-refractivity contribution < 1.29 is 9.53 Å². The molecule has 0 atom stereocenters. The number of rotatable bonds is 2. The average Bonchev–Trinajstić information content (AvgIpc) is 2.18. The molecule has 0 aliphatic rings. The van der Waals surface area contributed by atoms with Crippen LogP contribution in [-0.2, 0) is 0 Å². The molecule has 0 aliphatic carbocycles. The molecule has 15 heavy (non-hydrogen) atoms. The van der Waals surface area contributed by atoms with Gasteiger partial charge in [0.1, 0.15) is 0 Å². The van der Waals surface area contributed by atoms with E-state index < -0.39 is 0 Å². The van der Waals surface area contributed by atoms with E-state index in [1.165, 1.54) is 4.90 Å². The molecule has 0 saturated carbocycles. The van der Waals surface area contributed by atoms with E-state index in [1.54, 1.807) is 20.2 Å². The lowest BCUT2D eigenvalue weighted by molar-refractivity contribution is 0.172. The zero-order chi connectivity index (χ0) is 11.4. The number of benzene rings is 1. The van der Waals surface area contributed by atoms with Crippen molar-refractivity contribution in [2.24, 2.45) is 0 Å². The van der Waals surface area contributed by atoms with Gasteiger partial charge < -0.3 is 14.5 Å². The first-order valence-electron chi connectivity index (χ1n) is 4.68. The fourth-order valence-electron chi connectivity index (χ4n) is 1.10. The summed E-state index contributed by atoms with van der Waals surface area (Å²) in [6.45, 7) is 0. The first-order valence-corrected chi connectivity index (χ1v) is 4.68. The van der Waals surface area contributed by atoms with Crippen LogP contribution in [0.2, 0.25) is 0 Å². The summed E-state index contributed by atoms with van der Waals surface area (Å²) in [5.74, 6) is 0.571. The molecule has 1 aromatic carbocycles. The van der Waals surface area contributed by atoms with Gasteiger partial charge in [0.25, 0.3) is 0 Å². The minimum Gasteiger partial charge on any atom is -0.408 e. The second kappa shape index (κ2) is 4.68. The van der Waals surface area contributed by atoms with E-state index in [0.717, 1.165) is 5.69 Å². The van der Waals surface area contributed by atoms with Gasteiger partial charge in [0.05, 0.1) is 5.69 Å². The first kappa shape index (κ1) is 11.4. The number of carbonyl (C=O) groups is 1. The van der Waals surface area contributed by atoms with Crippen molar-refractivity contribution in [3.05, 3.63) is 24.3 Å². The molecule has 82 valence electrons. The second-order valence-corrected chi connectivity index (χ2v) is 3.62. The topological polar surface area (TPSA) is 32.8 Å². The van der Waals surface area contributed by atoms with Gasteiger partial charge in [-0.05, 0) is 12.1 Å². The third-order valence-electron chi connectivity index (χ3n) is 1.91. The minimum absolute atomic E-state index is 0.371. The standard InChI is InChI=1S/C11H16N2O2/c1-12(2)9-7-5-6-8-10(9)15-11(14)13(3)4/h5-8H,1-4H3. The fourth-order valence-corrected chi connectivity index (χ4v) is 1.10. The van der Waals surface area contributed by atoms with Gasteiger partial charge >= 0.3 is 6.09 Å². The van der Waals surface area contributed by atoms with Crippen LogP contribution in [-0.4, -0.2) is 39.2 Å². The van der Waals surface area contributed by atoms with E-state index in [2.05, 4.69) is 0 Å². The van der Waals surface area contributed by atoms with Crippen molar-refractivity contribution in [3.63, 3.8) is 0 Å². The Hall–Kier alpha value is -1.71. The van der Waals surface area contributed by atoms with E-state index in [9.17, 15) is 4.79 Å². The Morgan fingerprint density at radius 1 is 1.13 bits per heavy atom. The van der Waals surface area contributed by atoms with Crippen LogP contribution in [0.3, 0.4) is 0 Å². The number of para-hydroxylation sites is 2. The quantitative estimate of drug-likeness (QED) is 0.743. The van der Waals surface area contributed by atoms with Crippen LogP contribution < -0.4 is 9.64 Å². The Balaban J connectivity index is 2.89. The predicted molar refractivity (Wildman–Crippen MR) is 60.5 cm³/mol. The molecule has 0 N–H and O–H groups in total. The summed E-state index contributed by atoms with van der Waals surface area (Å²) in [4.78, 5) is 14.7. The van der Waals surface area contributed by atoms with Crippen molar-refractivity contribution in [1.82, 2.24) is 4.90 Å². The maximum atomic E-state index is 11.4. The van der Waals surface area contributed by atoms with Crippen molar-refractivity contribution in [2.45, 2.75) is 0 Å². The normalized spacial score (nSPS) is 9.60. The SMILES string of the molecule is CN(C)C(=O)Oc1ccccc1N(C)C. The Bertz CT molecular complexity index is 348. The van der Waals surface area contributed by atoms with Crippen LogP contribution in [0, 0.1) is 0 Å². The molecule has 4 nitrogen and oxygen atoms in total. The zero-order valence-electron chi connectivity index (χ0n) is 9.52. The number of hydrogen-bond acceptors (Lipinski definition) is 3. The van der Waals surface area contributed by atoms with Gasteiger partial charge in [-0.15, -0.1) is 0 Å². The molecule has 0 aromatic heterocycles. The number of anilines is 1. The van der Waals surface area contributed by atoms with Crippen LogP contribution >= 0.6 is 0 Å². The number of amides is 1. The lowest BCUT2D eigenvalue weighted by Gasteiger charge is -2.18. The first-order chi connectivity index (χ1) is 7.02. The third-order valence-corrected chi connectivity index (χ3v) is 1.91. The molecule has 0 spiro atoms. The summed E-state index contributed by atoms with van der Waals surface area (Å²) in [6, 6.07) is 7.42. The molecular formula is C11H16N2O2. The van der Waals surface area contributed by atoms with E-state index in [-0.39, 0.29) is 6.09 Å². The summed E-state index contributed by atoms with van der Waals surface area (Å²) < 4.78 is 5.21. The highest BCUT2D eigenvalue weighted by Crippen LogP contribution is 2.26. The summed E-state index contributed by atoms with van der Waals surface area (Å²) in [5, 5.41) is 0. The number of carbonyl (C=O) groups excluding carboxylic acids is 1. The summed E-state index contributed by atoms with van der Waals surface area (Å²) in [7, 11) is 7.12. The molecule has 0 saturated heterocycles. The third kappa shape index (κ3) is 2.87. The van der Waals surface area contributed by atoms with Crippen molar-refractivity contribution in [3.8, 4) is 5.75 Å². The molecule has 0 bridgehead atoms. The number of ether oxygens (including phenoxy) is 1. The second-order valence-electron chi connectivity index (χ2n) is 3.62. The number of nitrogens with zero attached hydrogens (tertiary/aromatic N) is 2. The van der Waals surface area contributed by atoms with Gasteiger partial charge in [0, 0.05) is 28.2 Å². The molecule has 0 heterocycles. The molecule has 1 aromatic rings. The Labute approximate surface area is 90.1 Å². The van der Waals surface area contributed by atoms with Crippen molar-refractivity contribution in [1.29, 1.82) is 0 Å². The molecule has 1 amide bonds. The maximum Gasteiger partial charge on any atom is 0.414 e. The Morgan fingerprint density at radius 2 is 1.73 bits per heavy atom. The van der Waals surface area contributed by atoms with Crippen LogP contribution in [0.25, 0.3) is 0 Å². The largest absolute Gasteiger partial charge is 0.414 e. The van der Waals surface area contributed by atoms with Gasteiger partial charge in [-0.25, -0.2) is 4.79 Å². The summed E-state index contributed by atoms with van der Waals surface area (Å²) in [6.07, 6.45) is -0.371. The van der Waals surface area contributed by atoms with Gasteiger partial charge in [0.15, 0.2) is 5.75 Å². The van der Waals surface area contributed by atoms with Gasteiger partial charge in [-0.2, -0.15) is 0 Å². The highest BCUT2D eigenvalue weighted by Gasteiger charge is 2.10. The van der Waals surface area contributed by atoms with E-state index in [0.29, 0.717) is 5.75 Å². The van der Waals surface area contributed by atoms with Gasteiger partial charge in [0.2, 0.25) is 0 Å². The summed E-state index contributed by atoms with van der Waals surface area (Å²) in [5.41, 5.74) is 0.882. The highest BCUT2D eigenvalue weighted by molar-refractivity contribution is 5.73. The van der Waals surface area contributed by atoms with Gasteiger partial charge in [-0.1, -0.05) is 12.1 Å². The van der Waals surface area contributed by atoms with E-state index in [1.807, 2.05) is 37.2 Å². The van der Waals surface area contributed by atoms with Gasteiger partial charge in [-0.3, -0.25) is 0 Å². The molecule has 1 rings (SSSR count). The van der Waals surface area contributed by atoms with Crippen LogP contribution in [0.4, 0.5) is 10.5 Å².